The van der Waals surface area contributed by atoms with Gasteiger partial charge in [-0.1, -0.05) is 6.07 Å². The monoisotopic (exact) mass is 322 g/mol. The van der Waals surface area contributed by atoms with Gasteiger partial charge < -0.3 is 10.2 Å². The molecule has 24 heavy (non-hydrogen) atoms. The first-order valence-electron chi connectivity index (χ1n) is 8.57. The zero-order chi connectivity index (χ0) is 16.2. The lowest BCUT2D eigenvalue weighted by molar-refractivity contribution is 0.416. The van der Waals surface area contributed by atoms with E-state index in [2.05, 4.69) is 41.9 Å². The fourth-order valence-electron chi connectivity index (χ4n) is 3.35. The highest BCUT2D eigenvalue weighted by atomic mass is 15.2. The molecular formula is C18H22N6. The van der Waals surface area contributed by atoms with E-state index >= 15 is 0 Å². The van der Waals surface area contributed by atoms with Gasteiger partial charge in [-0.2, -0.15) is 0 Å². The summed E-state index contributed by atoms with van der Waals surface area (Å²) in [4.78, 5) is 6.53. The van der Waals surface area contributed by atoms with Crippen LogP contribution < -0.4 is 10.2 Å². The van der Waals surface area contributed by atoms with Crippen LogP contribution in [0.4, 0.5) is 5.69 Å². The number of fused-ring (bicyclic) bond motifs is 1. The second-order valence-electron chi connectivity index (χ2n) is 6.22. The lowest BCUT2D eigenvalue weighted by atomic mass is 10.0. The van der Waals surface area contributed by atoms with E-state index in [9.17, 15) is 0 Å². The van der Waals surface area contributed by atoms with Crippen LogP contribution in [0.5, 0.6) is 0 Å². The predicted molar refractivity (Wildman–Crippen MR) is 94.2 cm³/mol. The Kier molecular flexibility index (Phi) is 4.38. The molecule has 0 spiro atoms. The zero-order valence-electron chi connectivity index (χ0n) is 13.7. The molecule has 0 aromatic carbocycles. The number of rotatable bonds is 5. The Bertz CT molecular complexity index is 776. The molecule has 1 aliphatic heterocycles. The van der Waals surface area contributed by atoms with E-state index in [-0.39, 0.29) is 0 Å². The quantitative estimate of drug-likeness (QED) is 0.778. The van der Waals surface area contributed by atoms with Gasteiger partial charge in [0.2, 0.25) is 0 Å². The van der Waals surface area contributed by atoms with Gasteiger partial charge in [0.05, 0.1) is 0 Å². The van der Waals surface area contributed by atoms with Gasteiger partial charge in [0, 0.05) is 56.4 Å². The Hall–Kier alpha value is -2.47. The first kappa shape index (κ1) is 15.1. The first-order valence-corrected chi connectivity index (χ1v) is 8.57. The Labute approximate surface area is 141 Å². The second-order valence-corrected chi connectivity index (χ2v) is 6.22. The van der Waals surface area contributed by atoms with Gasteiger partial charge in [-0.05, 0) is 37.1 Å². The molecule has 6 heteroatoms. The van der Waals surface area contributed by atoms with Crippen LogP contribution in [0.15, 0.2) is 48.9 Å². The van der Waals surface area contributed by atoms with E-state index in [1.165, 1.54) is 18.5 Å². The van der Waals surface area contributed by atoms with E-state index < -0.39 is 0 Å². The number of piperidine rings is 1. The summed E-state index contributed by atoms with van der Waals surface area (Å²) in [5.74, 6) is 1.02. The van der Waals surface area contributed by atoms with Crippen molar-refractivity contribution >= 4 is 11.3 Å². The van der Waals surface area contributed by atoms with Gasteiger partial charge in [-0.25, -0.2) is 0 Å². The van der Waals surface area contributed by atoms with Crippen LogP contribution in [0.25, 0.3) is 5.65 Å². The van der Waals surface area contributed by atoms with E-state index in [4.69, 9.17) is 0 Å². The minimum atomic E-state index is 0.585. The predicted octanol–water partition coefficient (Wildman–Crippen LogP) is 1.93. The van der Waals surface area contributed by atoms with Gasteiger partial charge >= 0.3 is 0 Å². The molecule has 0 saturated carbocycles. The minimum absolute atomic E-state index is 0.585. The highest BCUT2D eigenvalue weighted by molar-refractivity contribution is 5.44. The number of aromatic nitrogens is 4. The van der Waals surface area contributed by atoms with Crippen molar-refractivity contribution in [1.29, 1.82) is 0 Å². The second kappa shape index (κ2) is 6.97. The summed E-state index contributed by atoms with van der Waals surface area (Å²) in [5, 5.41) is 12.2. The molecular weight excluding hydrogens is 300 g/mol. The Morgan fingerprint density at radius 2 is 1.88 bits per heavy atom. The molecule has 4 rings (SSSR count). The molecule has 0 amide bonds. The third-order valence-electron chi connectivity index (χ3n) is 4.69. The van der Waals surface area contributed by atoms with Gasteiger partial charge in [-0.3, -0.25) is 9.38 Å². The molecule has 0 unspecified atom stereocenters. The molecule has 0 bridgehead atoms. The molecule has 4 heterocycles. The highest BCUT2D eigenvalue weighted by Crippen LogP contribution is 2.18. The lowest BCUT2D eigenvalue weighted by Gasteiger charge is -2.34. The average molecular weight is 322 g/mol. The molecule has 0 aliphatic carbocycles. The first-order chi connectivity index (χ1) is 11.9. The number of hydrogen-bond donors (Lipinski definition) is 1. The fourth-order valence-corrected chi connectivity index (χ4v) is 3.35. The van der Waals surface area contributed by atoms with E-state index in [1.807, 2.05) is 36.8 Å². The number of anilines is 1. The van der Waals surface area contributed by atoms with Crippen LogP contribution in [0.3, 0.4) is 0 Å². The number of nitrogens with one attached hydrogen (secondary N) is 1. The molecule has 1 fully saturated rings. The van der Waals surface area contributed by atoms with E-state index in [1.54, 1.807) is 0 Å². The molecule has 0 atom stereocenters. The number of nitrogens with zero attached hydrogens (tertiary/aromatic N) is 5. The van der Waals surface area contributed by atoms with Crippen molar-refractivity contribution in [2.45, 2.75) is 25.3 Å². The van der Waals surface area contributed by atoms with Crippen molar-refractivity contribution in [2.24, 2.45) is 0 Å². The van der Waals surface area contributed by atoms with Crippen LogP contribution in [0.2, 0.25) is 0 Å². The van der Waals surface area contributed by atoms with Gasteiger partial charge in [0.15, 0.2) is 5.65 Å². The minimum Gasteiger partial charge on any atom is -0.371 e. The molecule has 3 aromatic heterocycles. The van der Waals surface area contributed by atoms with E-state index in [0.717, 1.165) is 37.5 Å². The highest BCUT2D eigenvalue weighted by Gasteiger charge is 2.19. The van der Waals surface area contributed by atoms with Crippen molar-refractivity contribution in [1.82, 2.24) is 24.9 Å². The van der Waals surface area contributed by atoms with Gasteiger partial charge in [0.25, 0.3) is 0 Å². The van der Waals surface area contributed by atoms with Crippen molar-refractivity contribution in [3.05, 3.63) is 54.7 Å². The van der Waals surface area contributed by atoms with Gasteiger partial charge in [-0.15, -0.1) is 10.2 Å². The third-order valence-corrected chi connectivity index (χ3v) is 4.69. The maximum atomic E-state index is 4.29. The lowest BCUT2D eigenvalue weighted by Crippen LogP contribution is -2.43. The summed E-state index contributed by atoms with van der Waals surface area (Å²) >= 11 is 0. The summed E-state index contributed by atoms with van der Waals surface area (Å²) in [5.41, 5.74) is 2.19. The van der Waals surface area contributed by atoms with Crippen LogP contribution in [0, 0.1) is 0 Å². The summed E-state index contributed by atoms with van der Waals surface area (Å²) in [6, 6.07) is 10.7. The van der Waals surface area contributed by atoms with Crippen molar-refractivity contribution in [3.63, 3.8) is 0 Å². The number of hydrogen-bond acceptors (Lipinski definition) is 5. The Morgan fingerprint density at radius 1 is 1.04 bits per heavy atom. The summed E-state index contributed by atoms with van der Waals surface area (Å²) in [7, 11) is 0. The molecule has 1 N–H and O–H groups in total. The van der Waals surface area contributed by atoms with Crippen molar-refractivity contribution < 1.29 is 0 Å². The van der Waals surface area contributed by atoms with E-state index in [0.29, 0.717) is 6.04 Å². The number of pyridine rings is 2. The van der Waals surface area contributed by atoms with Gasteiger partial charge in [0.1, 0.15) is 5.82 Å². The smallest absolute Gasteiger partial charge is 0.160 e. The molecule has 1 saturated heterocycles. The standard InChI is InChI=1S/C18H22N6/c1-2-12-24-17(3-1)21-22-18(24)6-11-20-15-7-13-23(14-8-15)16-4-9-19-10-5-16/h1-5,9-10,12,15,20H,6-8,11,13-14H2. The normalized spacial score (nSPS) is 15.9. The van der Waals surface area contributed by atoms with Crippen LogP contribution in [-0.4, -0.2) is 45.3 Å². The Morgan fingerprint density at radius 3 is 2.71 bits per heavy atom. The molecule has 6 nitrogen and oxygen atoms in total. The SMILES string of the molecule is c1ccn2c(CCNC3CCN(c4ccncc4)CC3)nnc2c1. The fraction of sp³-hybridized carbons (Fsp3) is 0.389. The van der Waals surface area contributed by atoms with Crippen LogP contribution in [0.1, 0.15) is 18.7 Å². The topological polar surface area (TPSA) is 58.4 Å². The molecule has 3 aromatic rings. The summed E-state index contributed by atoms with van der Waals surface area (Å²) in [6.07, 6.45) is 8.99. The van der Waals surface area contributed by atoms with Crippen molar-refractivity contribution in [3.8, 4) is 0 Å². The van der Waals surface area contributed by atoms with Crippen LogP contribution in [-0.2, 0) is 6.42 Å². The maximum Gasteiger partial charge on any atom is 0.160 e. The third kappa shape index (κ3) is 3.23. The largest absolute Gasteiger partial charge is 0.371 e. The summed E-state index contributed by atoms with van der Waals surface area (Å²) in [6.45, 7) is 3.13. The van der Waals surface area contributed by atoms with Crippen molar-refractivity contribution in [2.75, 3.05) is 24.5 Å². The Balaban J connectivity index is 1.26. The molecule has 124 valence electrons. The maximum absolute atomic E-state index is 4.29. The molecule has 0 radical (unpaired) electrons. The zero-order valence-corrected chi connectivity index (χ0v) is 13.7. The molecule has 1 aliphatic rings. The average Bonchev–Trinajstić information content (AvgIpc) is 3.06. The van der Waals surface area contributed by atoms with Crippen LogP contribution >= 0.6 is 0 Å². The summed E-state index contributed by atoms with van der Waals surface area (Å²) < 4.78 is 2.06.